The Labute approximate surface area is 122 Å². The summed E-state index contributed by atoms with van der Waals surface area (Å²) in [5, 5.41) is 16.2. The maximum Gasteiger partial charge on any atom is 0.274 e. The molecule has 0 saturated heterocycles. The van der Waals surface area contributed by atoms with Crippen molar-refractivity contribution in [1.82, 2.24) is 14.8 Å². The van der Waals surface area contributed by atoms with Gasteiger partial charge in [0.05, 0.1) is 16.0 Å². The van der Waals surface area contributed by atoms with Crippen LogP contribution in [0.5, 0.6) is 0 Å². The Hall–Kier alpha value is -2.28. The number of hydrogen-bond acceptors (Lipinski definition) is 4. The van der Waals surface area contributed by atoms with Crippen molar-refractivity contribution in [3.8, 4) is 5.69 Å². The summed E-state index contributed by atoms with van der Waals surface area (Å²) in [4.78, 5) is 14.9. The van der Waals surface area contributed by atoms with Gasteiger partial charge in [-0.25, -0.2) is 9.67 Å². The summed E-state index contributed by atoms with van der Waals surface area (Å²) < 4.78 is 2.25. The molecular formula is C13H9BrN4O2. The van der Waals surface area contributed by atoms with Gasteiger partial charge in [0.25, 0.3) is 5.69 Å². The molecular weight excluding hydrogens is 324 g/mol. The predicted molar refractivity (Wildman–Crippen MR) is 78.0 cm³/mol. The standard InChI is InChI=1S/C13H9BrN4O2/c1-8-4-5-9(7-11(8)18(19)20)17-13-10(12(14)16-17)3-2-6-15-13/h2-7H,1H3. The van der Waals surface area contributed by atoms with E-state index in [1.807, 2.05) is 12.1 Å². The van der Waals surface area contributed by atoms with Crippen molar-refractivity contribution < 1.29 is 4.92 Å². The number of halogens is 1. The summed E-state index contributed by atoms with van der Waals surface area (Å²) in [7, 11) is 0. The normalized spacial score (nSPS) is 10.9. The van der Waals surface area contributed by atoms with E-state index in [0.717, 1.165) is 5.39 Å². The number of benzene rings is 1. The third-order valence-electron chi connectivity index (χ3n) is 3.03. The van der Waals surface area contributed by atoms with Crippen molar-refractivity contribution in [1.29, 1.82) is 0 Å². The monoisotopic (exact) mass is 332 g/mol. The molecule has 0 atom stereocenters. The van der Waals surface area contributed by atoms with E-state index in [0.29, 0.717) is 21.5 Å². The second-order valence-electron chi connectivity index (χ2n) is 4.31. The van der Waals surface area contributed by atoms with Crippen molar-refractivity contribution >= 4 is 32.7 Å². The molecule has 0 aliphatic rings. The average Bonchev–Trinajstić information content (AvgIpc) is 2.77. The van der Waals surface area contributed by atoms with Crippen molar-refractivity contribution in [2.75, 3.05) is 0 Å². The number of nitro benzene ring substituents is 1. The number of nitrogens with zero attached hydrogens (tertiary/aromatic N) is 4. The molecule has 0 unspecified atom stereocenters. The average molecular weight is 333 g/mol. The van der Waals surface area contributed by atoms with Gasteiger partial charge >= 0.3 is 0 Å². The first kappa shape index (κ1) is 12.7. The molecule has 0 fully saturated rings. The summed E-state index contributed by atoms with van der Waals surface area (Å²) in [5.74, 6) is 0. The summed E-state index contributed by atoms with van der Waals surface area (Å²) in [5.41, 5.74) is 1.94. The van der Waals surface area contributed by atoms with Crippen LogP contribution in [0.2, 0.25) is 0 Å². The molecule has 0 aliphatic heterocycles. The minimum atomic E-state index is -0.396. The van der Waals surface area contributed by atoms with Gasteiger partial charge in [0, 0.05) is 17.8 Å². The van der Waals surface area contributed by atoms with Gasteiger partial charge in [-0.1, -0.05) is 6.07 Å². The van der Waals surface area contributed by atoms with Crippen LogP contribution in [0.4, 0.5) is 5.69 Å². The first-order valence-corrected chi connectivity index (χ1v) is 6.62. The van der Waals surface area contributed by atoms with Crippen LogP contribution in [0.25, 0.3) is 16.7 Å². The fourth-order valence-electron chi connectivity index (χ4n) is 2.02. The molecule has 1 aromatic carbocycles. The Bertz CT molecular complexity index is 828. The zero-order valence-corrected chi connectivity index (χ0v) is 12.0. The molecule has 3 rings (SSSR count). The van der Waals surface area contributed by atoms with Crippen LogP contribution in [-0.4, -0.2) is 19.7 Å². The number of aromatic nitrogens is 3. The van der Waals surface area contributed by atoms with Crippen molar-refractivity contribution in [2.24, 2.45) is 0 Å². The van der Waals surface area contributed by atoms with Crippen LogP contribution in [0.3, 0.4) is 0 Å². The lowest BCUT2D eigenvalue weighted by atomic mass is 10.2. The van der Waals surface area contributed by atoms with Gasteiger partial charge in [0.1, 0.15) is 4.60 Å². The second kappa shape index (κ2) is 4.68. The summed E-state index contributed by atoms with van der Waals surface area (Å²) in [6.07, 6.45) is 1.66. The first-order chi connectivity index (χ1) is 9.58. The highest BCUT2D eigenvalue weighted by atomic mass is 79.9. The Balaban J connectivity index is 2.26. The molecule has 6 nitrogen and oxygen atoms in total. The van der Waals surface area contributed by atoms with Gasteiger partial charge in [0.2, 0.25) is 0 Å². The maximum atomic E-state index is 11.0. The predicted octanol–water partition coefficient (Wildman–Crippen LogP) is 3.40. The number of hydrogen-bond donors (Lipinski definition) is 0. The largest absolute Gasteiger partial charge is 0.274 e. The maximum absolute atomic E-state index is 11.0. The van der Waals surface area contributed by atoms with Crippen LogP contribution in [0.1, 0.15) is 5.56 Å². The van der Waals surface area contributed by atoms with E-state index >= 15 is 0 Å². The smallest absolute Gasteiger partial charge is 0.258 e. The van der Waals surface area contributed by atoms with Crippen molar-refractivity contribution in [3.05, 3.63) is 56.8 Å². The fourth-order valence-corrected chi connectivity index (χ4v) is 2.49. The number of nitro groups is 1. The quantitative estimate of drug-likeness (QED) is 0.532. The second-order valence-corrected chi connectivity index (χ2v) is 5.06. The van der Waals surface area contributed by atoms with E-state index in [1.54, 1.807) is 29.9 Å². The van der Waals surface area contributed by atoms with E-state index in [9.17, 15) is 10.1 Å². The van der Waals surface area contributed by atoms with E-state index < -0.39 is 4.92 Å². The highest BCUT2D eigenvalue weighted by Crippen LogP contribution is 2.27. The molecule has 20 heavy (non-hydrogen) atoms. The summed E-state index contributed by atoms with van der Waals surface area (Å²) in [6.45, 7) is 1.71. The lowest BCUT2D eigenvalue weighted by Gasteiger charge is -2.04. The zero-order chi connectivity index (χ0) is 14.3. The highest BCUT2D eigenvalue weighted by Gasteiger charge is 2.15. The van der Waals surface area contributed by atoms with Crippen molar-refractivity contribution in [3.63, 3.8) is 0 Å². The summed E-state index contributed by atoms with van der Waals surface area (Å²) >= 11 is 3.37. The lowest BCUT2D eigenvalue weighted by molar-refractivity contribution is -0.385. The molecule has 0 N–H and O–H groups in total. The molecule has 0 bridgehead atoms. The van der Waals surface area contributed by atoms with Crippen LogP contribution >= 0.6 is 15.9 Å². The molecule has 0 spiro atoms. The van der Waals surface area contributed by atoms with Gasteiger partial charge in [0.15, 0.2) is 5.65 Å². The molecule has 7 heteroatoms. The Morgan fingerprint density at radius 1 is 1.35 bits per heavy atom. The molecule has 3 aromatic rings. The van der Waals surface area contributed by atoms with E-state index in [-0.39, 0.29) is 5.69 Å². The lowest BCUT2D eigenvalue weighted by Crippen LogP contribution is -2.00. The topological polar surface area (TPSA) is 73.8 Å². The Kier molecular flexibility index (Phi) is 2.98. The fraction of sp³-hybridized carbons (Fsp3) is 0.0769. The highest BCUT2D eigenvalue weighted by molar-refractivity contribution is 9.10. The van der Waals surface area contributed by atoms with E-state index in [1.165, 1.54) is 6.07 Å². The first-order valence-electron chi connectivity index (χ1n) is 5.82. The van der Waals surface area contributed by atoms with E-state index in [2.05, 4.69) is 26.0 Å². The summed E-state index contributed by atoms with van der Waals surface area (Å²) in [6, 6.07) is 8.70. The zero-order valence-electron chi connectivity index (χ0n) is 10.4. The number of fused-ring (bicyclic) bond motifs is 1. The van der Waals surface area contributed by atoms with Gasteiger partial charge < -0.3 is 0 Å². The Morgan fingerprint density at radius 3 is 2.90 bits per heavy atom. The molecule has 0 aliphatic carbocycles. The van der Waals surface area contributed by atoms with E-state index in [4.69, 9.17) is 0 Å². The van der Waals surface area contributed by atoms with Gasteiger partial charge in [-0.3, -0.25) is 10.1 Å². The minimum Gasteiger partial charge on any atom is -0.258 e. The van der Waals surface area contributed by atoms with Crippen LogP contribution in [-0.2, 0) is 0 Å². The van der Waals surface area contributed by atoms with Gasteiger partial charge in [-0.15, -0.1) is 0 Å². The molecule has 2 heterocycles. The van der Waals surface area contributed by atoms with Crippen molar-refractivity contribution in [2.45, 2.75) is 6.92 Å². The number of aryl methyl sites for hydroxylation is 1. The molecule has 2 aromatic heterocycles. The molecule has 0 amide bonds. The van der Waals surface area contributed by atoms with Gasteiger partial charge in [-0.05, 0) is 41.1 Å². The van der Waals surface area contributed by atoms with Gasteiger partial charge in [-0.2, -0.15) is 5.10 Å². The Morgan fingerprint density at radius 2 is 2.15 bits per heavy atom. The molecule has 0 radical (unpaired) electrons. The molecule has 0 saturated carbocycles. The third-order valence-corrected chi connectivity index (χ3v) is 3.62. The third kappa shape index (κ3) is 1.96. The SMILES string of the molecule is Cc1ccc(-n2nc(Br)c3cccnc32)cc1[N+](=O)[O-]. The number of rotatable bonds is 2. The number of pyridine rings is 1. The minimum absolute atomic E-state index is 0.0678. The van der Waals surface area contributed by atoms with Crippen LogP contribution in [0, 0.1) is 17.0 Å². The van der Waals surface area contributed by atoms with Crippen LogP contribution < -0.4 is 0 Å². The van der Waals surface area contributed by atoms with Crippen LogP contribution in [0.15, 0.2) is 41.1 Å². The molecule has 100 valence electrons.